The zero-order valence-electron chi connectivity index (χ0n) is 79.1. The van der Waals surface area contributed by atoms with Crippen molar-refractivity contribution >= 4 is 129 Å². The van der Waals surface area contributed by atoms with Gasteiger partial charge >= 0.3 is 11.9 Å². The Bertz CT molecular complexity index is 5270. The first-order chi connectivity index (χ1) is 65.5. The van der Waals surface area contributed by atoms with Crippen molar-refractivity contribution in [2.75, 3.05) is 31.8 Å². The molecule has 1 saturated heterocycles. The summed E-state index contributed by atoms with van der Waals surface area (Å²) in [5.74, 6) is -23.2. The van der Waals surface area contributed by atoms with E-state index in [1.165, 1.54) is 52.1 Å². The number of nitrogens with one attached hydrogen (secondary N) is 14. The van der Waals surface area contributed by atoms with E-state index in [9.17, 15) is 68.1 Å². The number of carbonyl (C=O) groups excluding carboxylic acids is 16. The molecule has 0 unspecified atom stereocenters. The predicted octanol–water partition coefficient (Wildman–Crippen LogP) is 0.736. The van der Waals surface area contributed by atoms with Crippen LogP contribution in [0.3, 0.4) is 0 Å². The summed E-state index contributed by atoms with van der Waals surface area (Å²) in [6, 6.07) is 12.4. The monoisotopic (exact) mass is 1930 g/mol. The summed E-state index contributed by atoms with van der Waals surface area (Å²) in [7, 11) is 1.28. The van der Waals surface area contributed by atoms with Gasteiger partial charge in [0.15, 0.2) is 6.61 Å². The van der Waals surface area contributed by atoms with Crippen molar-refractivity contribution in [1.29, 1.82) is 0 Å². The number of aliphatic carboxylic acids is 2. The van der Waals surface area contributed by atoms with Crippen molar-refractivity contribution < 1.29 is 106 Å². The second-order valence-corrected chi connectivity index (χ2v) is 37.3. The van der Waals surface area contributed by atoms with Gasteiger partial charge in [-0.1, -0.05) is 197 Å². The van der Waals surface area contributed by atoms with Crippen molar-refractivity contribution in [3.05, 3.63) is 161 Å². The highest BCUT2D eigenvalue weighted by Gasteiger charge is 2.42. The zero-order chi connectivity index (χ0) is 101. The maximum absolute atomic E-state index is 15.5. The lowest BCUT2D eigenvalue weighted by Crippen LogP contribution is -2.62. The average molecular weight is 1930 g/mol. The van der Waals surface area contributed by atoms with Crippen molar-refractivity contribution in [3.63, 3.8) is 0 Å². The van der Waals surface area contributed by atoms with Gasteiger partial charge in [-0.25, -0.2) is 4.79 Å². The minimum Gasteiger partial charge on any atom is -0.482 e. The Balaban J connectivity index is 1.20. The molecule has 40 nitrogen and oxygen atoms in total. The van der Waals surface area contributed by atoms with Crippen molar-refractivity contribution in [2.24, 2.45) is 46.8 Å². The van der Waals surface area contributed by atoms with E-state index in [2.05, 4.69) is 74.1 Å². The molecule has 0 bridgehead atoms. The third kappa shape index (κ3) is 33.6. The number of aliphatic hydroxyl groups excluding tert-OH is 1. The number of ether oxygens (including phenoxy) is 1. The normalized spacial score (nSPS) is 23.7. The third-order valence-corrected chi connectivity index (χ3v) is 25.0. The van der Waals surface area contributed by atoms with Crippen LogP contribution in [0.1, 0.15) is 148 Å². The number of hydrogen-bond donors (Lipinski definition) is 20. The number of aromatic amines is 1. The number of aromatic nitrogens is 1. The van der Waals surface area contributed by atoms with Gasteiger partial charge in [-0.3, -0.25) is 81.5 Å². The Morgan fingerprint density at radius 3 is 1.39 bits per heavy atom. The molecule has 8 rings (SSSR count). The number of rotatable bonds is 26. The van der Waals surface area contributed by atoms with Crippen LogP contribution in [0, 0.1) is 29.6 Å². The number of nitrogens with zero attached hydrogens (tertiary/aromatic N) is 1. The van der Waals surface area contributed by atoms with E-state index in [0.717, 1.165) is 35.3 Å². The van der Waals surface area contributed by atoms with Crippen LogP contribution in [-0.2, 0) is 119 Å². The fourth-order valence-electron chi connectivity index (χ4n) is 16.0. The van der Waals surface area contributed by atoms with Crippen LogP contribution < -0.4 is 91.1 Å². The summed E-state index contributed by atoms with van der Waals surface area (Å²) in [6.45, 7) is 12.5. The summed E-state index contributed by atoms with van der Waals surface area (Å²) >= 11 is 0.710. The summed E-state index contributed by atoms with van der Waals surface area (Å²) in [5, 5.41) is 65.1. The summed E-state index contributed by atoms with van der Waals surface area (Å²) in [5.41, 5.74) is 22.0. The first-order valence-electron chi connectivity index (χ1n) is 46.1. The minimum absolute atomic E-state index is 0.0154. The number of nitrogens with two attached hydrogens (primary N) is 3. The molecule has 5 aromatic carbocycles. The number of primary amides is 2. The first-order valence-corrected chi connectivity index (χ1v) is 47.2. The third-order valence-electron chi connectivity index (χ3n) is 23.9. The highest BCUT2D eigenvalue weighted by molar-refractivity contribution is 8.00. The van der Waals surface area contributed by atoms with Crippen LogP contribution in [0.15, 0.2) is 134 Å². The molecule has 1 aliphatic heterocycles. The Kier molecular flexibility index (Phi) is 42.1. The van der Waals surface area contributed by atoms with Crippen LogP contribution in [0.25, 0.3) is 22.0 Å². The van der Waals surface area contributed by atoms with Crippen LogP contribution >= 0.6 is 11.8 Å². The highest BCUT2D eigenvalue weighted by atomic mass is 32.2. The fraction of sp³-hybridized carbons (Fsp3) is 0.485. The van der Waals surface area contributed by atoms with E-state index in [-0.39, 0.29) is 56.2 Å². The van der Waals surface area contributed by atoms with E-state index >= 15 is 33.6 Å². The van der Waals surface area contributed by atoms with Gasteiger partial charge < -0.3 is 116 Å². The minimum atomic E-state index is -2.07. The second-order valence-electron chi connectivity index (χ2n) is 36.3. The van der Waals surface area contributed by atoms with E-state index in [1.807, 2.05) is 30.3 Å². The Morgan fingerprint density at radius 2 is 0.877 bits per heavy atom. The highest BCUT2D eigenvalue weighted by Crippen LogP contribution is 2.29. The zero-order valence-corrected chi connectivity index (χ0v) is 79.9. The molecular formula is C97H130N18O22S. The molecule has 2 fully saturated rings. The van der Waals surface area contributed by atoms with Gasteiger partial charge in [-0.2, -0.15) is 0 Å². The number of aliphatic hydroxyl groups is 1. The summed E-state index contributed by atoms with van der Waals surface area (Å²) in [4.78, 5) is 263. The average Bonchev–Trinajstić information content (AvgIpc) is 1.65. The molecular weight excluding hydrogens is 1800 g/mol. The van der Waals surface area contributed by atoms with Crippen molar-refractivity contribution in [2.45, 2.75) is 237 Å². The van der Waals surface area contributed by atoms with Gasteiger partial charge in [-0.05, 0) is 106 Å². The predicted molar refractivity (Wildman–Crippen MR) is 511 cm³/mol. The molecule has 2 heterocycles. The van der Waals surface area contributed by atoms with Crippen molar-refractivity contribution in [3.8, 4) is 16.9 Å². The van der Waals surface area contributed by atoms with Gasteiger partial charge in [0.1, 0.15) is 90.3 Å². The second kappa shape index (κ2) is 53.0. The topological polar surface area (TPSA) is 631 Å². The van der Waals surface area contributed by atoms with Gasteiger partial charge in [0.2, 0.25) is 94.5 Å². The molecule has 0 radical (unpaired) electrons. The number of carbonyl (C=O) groups is 18. The quantitative estimate of drug-likeness (QED) is 0.0356. The van der Waals surface area contributed by atoms with Gasteiger partial charge in [0.25, 0.3) is 0 Å². The van der Waals surface area contributed by atoms with Gasteiger partial charge in [-0.15, -0.1) is 11.8 Å². The molecule has 16 amide bonds. The largest absolute Gasteiger partial charge is 0.482 e. The van der Waals surface area contributed by atoms with E-state index in [4.69, 9.17) is 21.9 Å². The van der Waals surface area contributed by atoms with E-state index in [0.29, 0.717) is 63.3 Å². The van der Waals surface area contributed by atoms with E-state index < -0.39 is 253 Å². The standard InChI is InChI=1S/C97H130N18O22S/c1-51(2)37-67-86(125)107-73(43-77(99)117)89(128)105-70(38-56-19-13-11-14-20-56)91(130)112-82(53(5)6)96(135)110-75(47-116)94(133)111-76(84(100)123)49-138-50-78(118)102-68(39-59-31-35-64(36-32-59)137-48-80(121)122)87(126)104-69(40-57-25-27-60(45-98)28-26-57)88(127)108-74(44-79(119)120)90(129)106-72(42-63-46-101-66-24-18-17-23-65(63)66)93(132)113-81(52(3)4)95(134)109-71(41-58-29-33-62(34-30-58)61-21-15-12-16-22-61)92(131)114-83(54(7)8)97(136)115(10)55(9)85(124)103-67/h12,15-18,21-36,46,51-56,67-76,81-83,101,116H,11,13-14,19-20,37-45,47-50,98H2,1-10H3,(H2,99,117)(H2,100,123)(H,102,118)(H,103,124)(H,104,126)(H,105,128)(H,106,129)(H,107,125)(H,108,127)(H,109,134)(H,110,135)(H,111,133)(H,112,130)(H,113,132)(H,114,131)(H,119,120)(H,121,122)/t55-,67+,68-,69-,70-,71-,72-,73-,74-,75-,76-,81-,82-,83-/m0/s1. The number of para-hydroxylation sites is 1. The molecule has 14 atom stereocenters. The lowest BCUT2D eigenvalue weighted by atomic mass is 9.84. The lowest BCUT2D eigenvalue weighted by molar-refractivity contribution is -0.143. The SMILES string of the molecule is CC(C)C[C@H]1NC(=O)[C@H](C)N(C)C(=O)[C@H](C(C)C)NC(=O)[C@H](Cc2ccc(-c3ccccc3)cc2)NC(=O)[C@H](C(C)C)NC(=O)[C@H](Cc2c[nH]c3ccccc23)NC(=O)[C@H](CC(=O)O)NC(=O)[C@H](Cc2ccc(CN)cc2)NC(=O)[C@H](Cc2ccc(OCC(=O)O)cc2)NC(=O)CSC[C@@H](C(N)=O)NC(=O)[C@H](CO)NC(=O)[C@H](C(C)C)NC(=O)[C@H](CC2CCCCC2)NC(=O)[C@H](CC(N)=O)NC1=O. The molecule has 1 saturated carbocycles. The maximum atomic E-state index is 15.5. The maximum Gasteiger partial charge on any atom is 0.341 e. The number of amides is 16. The molecule has 23 N–H and O–H groups in total. The molecule has 41 heteroatoms. The Labute approximate surface area is 804 Å². The summed E-state index contributed by atoms with van der Waals surface area (Å²) in [6.07, 6.45) is 1.77. The van der Waals surface area contributed by atoms with Crippen LogP contribution in [0.5, 0.6) is 5.75 Å². The lowest BCUT2D eigenvalue weighted by Gasteiger charge is -2.33. The summed E-state index contributed by atoms with van der Waals surface area (Å²) < 4.78 is 5.32. The molecule has 138 heavy (non-hydrogen) atoms. The number of likely N-dealkylation sites (N-methyl/N-ethyl adjacent to an activating group) is 1. The van der Waals surface area contributed by atoms with Crippen LogP contribution in [-0.4, -0.2) is 248 Å². The molecule has 0 spiro atoms. The number of thioether (sulfide) groups is 1. The molecule has 1 aromatic heterocycles. The number of fused-ring (bicyclic) bond motifs is 1. The van der Waals surface area contributed by atoms with E-state index in [1.54, 1.807) is 121 Å². The smallest absolute Gasteiger partial charge is 0.341 e. The number of hydrogen-bond acceptors (Lipinski definition) is 22. The van der Waals surface area contributed by atoms with Crippen LogP contribution in [0.4, 0.5) is 0 Å². The van der Waals surface area contributed by atoms with Crippen molar-refractivity contribution in [1.82, 2.24) is 79.0 Å². The number of carboxylic acid groups (broad SMARTS) is 2. The fourth-order valence-corrected chi connectivity index (χ4v) is 16.8. The number of benzene rings is 5. The molecule has 6 aromatic rings. The molecule has 1 aliphatic carbocycles. The number of carboxylic acids is 2. The Morgan fingerprint density at radius 1 is 0.449 bits per heavy atom. The molecule has 746 valence electrons. The Hall–Kier alpha value is -13.8. The first kappa shape index (κ1) is 109. The van der Waals surface area contributed by atoms with Gasteiger partial charge in [0, 0.05) is 62.1 Å². The van der Waals surface area contributed by atoms with Gasteiger partial charge in [0.05, 0.1) is 25.2 Å². The number of H-pyrrole nitrogens is 1. The van der Waals surface area contributed by atoms with Crippen LogP contribution in [0.2, 0.25) is 0 Å². The molecule has 2 aliphatic rings.